The third kappa shape index (κ3) is 2.85. The lowest BCUT2D eigenvalue weighted by atomic mass is 9.76. The monoisotopic (exact) mass is 240 g/mol. The molecular weight excluding hydrogens is 212 g/mol. The summed E-state index contributed by atoms with van der Waals surface area (Å²) in [6.45, 7) is 6.89. The van der Waals surface area contributed by atoms with Crippen molar-refractivity contribution >= 4 is 0 Å². The Morgan fingerprint density at radius 2 is 2.00 bits per heavy atom. The highest BCUT2D eigenvalue weighted by Crippen LogP contribution is 2.51. The van der Waals surface area contributed by atoms with Gasteiger partial charge in [-0.15, -0.1) is 0 Å². The van der Waals surface area contributed by atoms with E-state index in [9.17, 15) is 0 Å². The average Bonchev–Trinajstić information content (AvgIpc) is 2.99. The molecule has 1 saturated carbocycles. The van der Waals surface area contributed by atoms with Gasteiger partial charge in [-0.05, 0) is 38.5 Å². The van der Waals surface area contributed by atoms with Crippen molar-refractivity contribution in [2.75, 3.05) is 7.11 Å². The number of hydrogen-bond acceptors (Lipinski definition) is 2. The zero-order valence-corrected chi connectivity index (χ0v) is 11.9. The van der Waals surface area contributed by atoms with Crippen LogP contribution in [0.25, 0.3) is 0 Å². The molecule has 0 aromatic carbocycles. The van der Waals surface area contributed by atoms with Crippen LogP contribution in [0.1, 0.15) is 59.3 Å². The van der Waals surface area contributed by atoms with Gasteiger partial charge in [-0.3, -0.25) is 0 Å². The Hall–Kier alpha value is -0.0800. The summed E-state index contributed by atoms with van der Waals surface area (Å²) >= 11 is 0. The minimum Gasteiger partial charge on any atom is -0.381 e. The standard InChI is InChI=1S/C15H28O2/c1-11(2)9-10-14-15(3,17-14)12-7-5-6-8-13(12)16-4/h11-14H,5-10H2,1-4H3. The third-order valence-electron chi connectivity index (χ3n) is 4.73. The van der Waals surface area contributed by atoms with E-state index in [1.165, 1.54) is 38.5 Å². The Bertz CT molecular complexity index is 251. The van der Waals surface area contributed by atoms with Crippen LogP contribution < -0.4 is 0 Å². The van der Waals surface area contributed by atoms with Crippen molar-refractivity contribution in [1.29, 1.82) is 0 Å². The van der Waals surface area contributed by atoms with E-state index in [-0.39, 0.29) is 5.60 Å². The zero-order chi connectivity index (χ0) is 12.5. The molecule has 1 aliphatic heterocycles. The van der Waals surface area contributed by atoms with Gasteiger partial charge in [-0.1, -0.05) is 26.7 Å². The Morgan fingerprint density at radius 1 is 1.29 bits per heavy atom. The van der Waals surface area contributed by atoms with Gasteiger partial charge in [0.15, 0.2) is 0 Å². The topological polar surface area (TPSA) is 21.8 Å². The Labute approximate surface area is 106 Å². The summed E-state index contributed by atoms with van der Waals surface area (Å²) in [5.41, 5.74) is 0.121. The van der Waals surface area contributed by atoms with Crippen molar-refractivity contribution in [2.45, 2.75) is 77.1 Å². The summed E-state index contributed by atoms with van der Waals surface area (Å²) in [5, 5.41) is 0. The first kappa shape index (κ1) is 13.4. The van der Waals surface area contributed by atoms with Crippen LogP contribution in [0, 0.1) is 11.8 Å². The smallest absolute Gasteiger partial charge is 0.0973 e. The molecule has 2 aliphatic rings. The molecule has 2 rings (SSSR count). The van der Waals surface area contributed by atoms with Gasteiger partial charge in [0.1, 0.15) is 0 Å². The minimum atomic E-state index is 0.121. The highest BCUT2D eigenvalue weighted by molar-refractivity contribution is 5.06. The van der Waals surface area contributed by atoms with Crippen molar-refractivity contribution in [2.24, 2.45) is 11.8 Å². The maximum Gasteiger partial charge on any atom is 0.0973 e. The van der Waals surface area contributed by atoms with Crippen molar-refractivity contribution in [1.82, 2.24) is 0 Å². The fourth-order valence-corrected chi connectivity index (χ4v) is 3.46. The van der Waals surface area contributed by atoms with Crippen LogP contribution in [0.15, 0.2) is 0 Å². The van der Waals surface area contributed by atoms with Gasteiger partial charge in [0, 0.05) is 13.0 Å². The Balaban J connectivity index is 1.88. The Morgan fingerprint density at radius 3 is 2.65 bits per heavy atom. The van der Waals surface area contributed by atoms with Gasteiger partial charge >= 0.3 is 0 Å². The predicted octanol–water partition coefficient (Wildman–Crippen LogP) is 3.79. The largest absolute Gasteiger partial charge is 0.381 e. The highest BCUT2D eigenvalue weighted by atomic mass is 16.6. The number of methoxy groups -OCH3 is 1. The SMILES string of the molecule is COC1CCCCC1C1(C)OC1CCC(C)C. The molecule has 100 valence electrons. The molecule has 1 aliphatic carbocycles. The molecule has 0 spiro atoms. The van der Waals surface area contributed by atoms with E-state index in [0.29, 0.717) is 18.1 Å². The van der Waals surface area contributed by atoms with E-state index in [2.05, 4.69) is 20.8 Å². The van der Waals surface area contributed by atoms with Gasteiger partial charge in [-0.2, -0.15) is 0 Å². The van der Waals surface area contributed by atoms with Gasteiger partial charge in [0.2, 0.25) is 0 Å². The van der Waals surface area contributed by atoms with E-state index < -0.39 is 0 Å². The van der Waals surface area contributed by atoms with E-state index in [1.54, 1.807) is 0 Å². The summed E-state index contributed by atoms with van der Waals surface area (Å²) in [6, 6.07) is 0. The van der Waals surface area contributed by atoms with Crippen LogP contribution in [0.5, 0.6) is 0 Å². The van der Waals surface area contributed by atoms with Gasteiger partial charge in [-0.25, -0.2) is 0 Å². The number of hydrogen-bond donors (Lipinski definition) is 0. The minimum absolute atomic E-state index is 0.121. The molecular formula is C15H28O2. The average molecular weight is 240 g/mol. The molecule has 2 nitrogen and oxygen atoms in total. The van der Waals surface area contributed by atoms with E-state index in [0.717, 1.165) is 5.92 Å². The summed E-state index contributed by atoms with van der Waals surface area (Å²) in [7, 11) is 1.86. The van der Waals surface area contributed by atoms with Gasteiger partial charge in [0.05, 0.1) is 17.8 Å². The van der Waals surface area contributed by atoms with Gasteiger partial charge < -0.3 is 9.47 Å². The Kier molecular flexibility index (Phi) is 4.14. The van der Waals surface area contributed by atoms with Crippen LogP contribution >= 0.6 is 0 Å². The second-order valence-corrected chi connectivity index (χ2v) is 6.43. The van der Waals surface area contributed by atoms with Crippen LogP contribution in [-0.4, -0.2) is 24.9 Å². The molecule has 0 amide bonds. The predicted molar refractivity (Wildman–Crippen MR) is 70.1 cm³/mol. The maximum absolute atomic E-state index is 6.05. The second-order valence-electron chi connectivity index (χ2n) is 6.43. The van der Waals surface area contributed by atoms with Crippen molar-refractivity contribution in [3.8, 4) is 0 Å². The number of epoxide rings is 1. The molecule has 0 aromatic heterocycles. The molecule has 17 heavy (non-hydrogen) atoms. The summed E-state index contributed by atoms with van der Waals surface area (Å²) < 4.78 is 11.7. The van der Waals surface area contributed by atoms with E-state index in [4.69, 9.17) is 9.47 Å². The molecule has 1 heterocycles. The molecule has 0 bridgehead atoms. The molecule has 0 aromatic rings. The van der Waals surface area contributed by atoms with Crippen molar-refractivity contribution in [3.05, 3.63) is 0 Å². The van der Waals surface area contributed by atoms with E-state index >= 15 is 0 Å². The van der Waals surface area contributed by atoms with Crippen molar-refractivity contribution < 1.29 is 9.47 Å². The summed E-state index contributed by atoms with van der Waals surface area (Å²) in [4.78, 5) is 0. The van der Waals surface area contributed by atoms with Crippen LogP contribution in [0.2, 0.25) is 0 Å². The first-order valence-electron chi connectivity index (χ1n) is 7.28. The van der Waals surface area contributed by atoms with Crippen LogP contribution in [0.4, 0.5) is 0 Å². The first-order chi connectivity index (χ1) is 8.08. The molecule has 0 radical (unpaired) electrons. The lowest BCUT2D eigenvalue weighted by Gasteiger charge is -2.33. The highest BCUT2D eigenvalue weighted by Gasteiger charge is 2.58. The normalized spacial score (nSPS) is 41.8. The third-order valence-corrected chi connectivity index (χ3v) is 4.73. The van der Waals surface area contributed by atoms with Crippen LogP contribution in [0.3, 0.4) is 0 Å². The number of rotatable bonds is 5. The van der Waals surface area contributed by atoms with Gasteiger partial charge in [0.25, 0.3) is 0 Å². The summed E-state index contributed by atoms with van der Waals surface area (Å²) in [6.07, 6.45) is 8.60. The maximum atomic E-state index is 6.05. The quantitative estimate of drug-likeness (QED) is 0.682. The molecule has 4 unspecified atom stereocenters. The molecule has 1 saturated heterocycles. The molecule has 2 heteroatoms. The molecule has 4 atom stereocenters. The van der Waals surface area contributed by atoms with Crippen molar-refractivity contribution in [3.63, 3.8) is 0 Å². The lowest BCUT2D eigenvalue weighted by Crippen LogP contribution is -2.37. The molecule has 0 N–H and O–H groups in total. The fourth-order valence-electron chi connectivity index (χ4n) is 3.46. The molecule has 2 fully saturated rings. The zero-order valence-electron chi connectivity index (χ0n) is 11.9. The van der Waals surface area contributed by atoms with Crippen LogP contribution in [-0.2, 0) is 9.47 Å². The first-order valence-corrected chi connectivity index (χ1v) is 7.28. The second kappa shape index (κ2) is 5.27. The fraction of sp³-hybridized carbons (Fsp3) is 1.00. The lowest BCUT2D eigenvalue weighted by molar-refractivity contribution is -0.00778. The van der Waals surface area contributed by atoms with E-state index in [1.807, 2.05) is 7.11 Å². The number of ether oxygens (including phenoxy) is 2. The summed E-state index contributed by atoms with van der Waals surface area (Å²) in [5.74, 6) is 1.41.